The maximum absolute atomic E-state index is 12.9. The number of aromatic nitrogens is 3. The molecule has 2 fully saturated rings. The lowest BCUT2D eigenvalue weighted by molar-refractivity contribution is -0.126. The predicted octanol–water partition coefficient (Wildman–Crippen LogP) is 5.47. The summed E-state index contributed by atoms with van der Waals surface area (Å²) in [6.07, 6.45) is 8.30. The van der Waals surface area contributed by atoms with E-state index < -0.39 is 0 Å². The number of carbonyl (C=O) groups excluding carboxylic acids is 1. The fourth-order valence-corrected chi connectivity index (χ4v) is 5.72. The fourth-order valence-electron chi connectivity index (χ4n) is 5.72. The van der Waals surface area contributed by atoms with Gasteiger partial charge >= 0.3 is 0 Å². The lowest BCUT2D eigenvalue weighted by Crippen LogP contribution is -2.43. The van der Waals surface area contributed by atoms with Crippen molar-refractivity contribution in [1.29, 1.82) is 0 Å². The zero-order valence-corrected chi connectivity index (χ0v) is 20.6. The van der Waals surface area contributed by atoms with Gasteiger partial charge in [-0.15, -0.1) is 0 Å². The molecule has 6 heteroatoms. The standard InChI is InChI=1S/C29H33N5O/c1-19-16-26-27(17-20(19)2)34(24-9-10-25-22(18-24)6-5-13-30-25)29(32-26)33-14-11-21(12-15-33)28(35)31-23-7-3-4-8-23/h5-6,9-10,13,16-18,21,23H,3-4,7-8,11-12,14-15H2,1-2H3,(H,31,35). The highest BCUT2D eigenvalue weighted by Gasteiger charge is 2.30. The summed E-state index contributed by atoms with van der Waals surface area (Å²) >= 11 is 0. The van der Waals surface area contributed by atoms with E-state index >= 15 is 0 Å². The second kappa shape index (κ2) is 8.99. The molecule has 0 radical (unpaired) electrons. The van der Waals surface area contributed by atoms with Crippen molar-refractivity contribution >= 4 is 33.8 Å². The molecule has 6 rings (SSSR count). The average Bonchev–Trinajstić information content (AvgIpc) is 3.52. The van der Waals surface area contributed by atoms with Crippen LogP contribution in [0.5, 0.6) is 0 Å². The Morgan fingerprint density at radius 1 is 0.943 bits per heavy atom. The van der Waals surface area contributed by atoms with Crippen LogP contribution < -0.4 is 10.2 Å². The molecule has 0 spiro atoms. The number of piperidine rings is 1. The number of nitrogens with one attached hydrogen (secondary N) is 1. The van der Waals surface area contributed by atoms with Crippen molar-refractivity contribution in [1.82, 2.24) is 19.9 Å². The molecule has 2 aliphatic rings. The summed E-state index contributed by atoms with van der Waals surface area (Å²) in [5, 5.41) is 4.42. The van der Waals surface area contributed by atoms with Crippen molar-refractivity contribution in [3.63, 3.8) is 0 Å². The van der Waals surface area contributed by atoms with Crippen LogP contribution in [0, 0.1) is 19.8 Å². The Kier molecular flexibility index (Phi) is 5.67. The maximum atomic E-state index is 12.9. The molecule has 3 heterocycles. The van der Waals surface area contributed by atoms with Crippen molar-refractivity contribution in [3.05, 3.63) is 59.8 Å². The molecule has 1 aliphatic heterocycles. The van der Waals surface area contributed by atoms with Gasteiger partial charge in [-0.05, 0) is 87.1 Å². The molecule has 0 bridgehead atoms. The number of hydrogen-bond acceptors (Lipinski definition) is 4. The number of carbonyl (C=O) groups is 1. The zero-order chi connectivity index (χ0) is 23.9. The van der Waals surface area contributed by atoms with Gasteiger partial charge in [0.05, 0.1) is 16.6 Å². The lowest BCUT2D eigenvalue weighted by Gasteiger charge is -2.33. The van der Waals surface area contributed by atoms with E-state index in [1.165, 1.54) is 24.0 Å². The number of imidazole rings is 1. The Morgan fingerprint density at radius 2 is 1.71 bits per heavy atom. The van der Waals surface area contributed by atoms with Gasteiger partial charge in [-0.25, -0.2) is 4.98 Å². The number of aryl methyl sites for hydroxylation is 2. The van der Waals surface area contributed by atoms with E-state index in [0.717, 1.165) is 72.3 Å². The lowest BCUT2D eigenvalue weighted by atomic mass is 9.95. The Balaban J connectivity index is 1.33. The molecule has 1 saturated carbocycles. The molecule has 0 unspecified atom stereocenters. The van der Waals surface area contributed by atoms with Crippen LogP contribution in [0.15, 0.2) is 48.7 Å². The Bertz CT molecular complexity index is 1390. The Labute approximate surface area is 206 Å². The number of rotatable bonds is 4. The third-order valence-corrected chi connectivity index (χ3v) is 7.95. The molecule has 1 amide bonds. The minimum Gasteiger partial charge on any atom is -0.353 e. The summed E-state index contributed by atoms with van der Waals surface area (Å²) < 4.78 is 2.28. The van der Waals surface area contributed by atoms with Crippen LogP contribution in [0.25, 0.3) is 27.6 Å². The summed E-state index contributed by atoms with van der Waals surface area (Å²) in [6.45, 7) is 5.96. The van der Waals surface area contributed by atoms with Crippen LogP contribution in [-0.2, 0) is 4.79 Å². The van der Waals surface area contributed by atoms with Gasteiger partial charge in [-0.1, -0.05) is 18.9 Å². The molecule has 1 aliphatic carbocycles. The van der Waals surface area contributed by atoms with E-state index in [1.54, 1.807) is 0 Å². The first-order valence-electron chi connectivity index (χ1n) is 13.0. The SMILES string of the molecule is Cc1cc2nc(N3CCC(C(=O)NC4CCCC4)CC3)n(-c3ccc4ncccc4c3)c2cc1C. The van der Waals surface area contributed by atoms with E-state index in [-0.39, 0.29) is 11.8 Å². The van der Waals surface area contributed by atoms with E-state index in [0.29, 0.717) is 6.04 Å². The molecule has 4 aromatic rings. The largest absolute Gasteiger partial charge is 0.353 e. The molecular weight excluding hydrogens is 434 g/mol. The molecule has 2 aromatic carbocycles. The van der Waals surface area contributed by atoms with Gasteiger partial charge in [0, 0.05) is 42.3 Å². The van der Waals surface area contributed by atoms with Crippen LogP contribution >= 0.6 is 0 Å². The maximum Gasteiger partial charge on any atom is 0.223 e. The van der Waals surface area contributed by atoms with E-state index in [9.17, 15) is 4.79 Å². The van der Waals surface area contributed by atoms with Crippen molar-refractivity contribution in [2.75, 3.05) is 18.0 Å². The van der Waals surface area contributed by atoms with Gasteiger partial charge in [-0.2, -0.15) is 0 Å². The normalized spacial score (nSPS) is 17.5. The second-order valence-electron chi connectivity index (χ2n) is 10.3. The van der Waals surface area contributed by atoms with E-state index in [4.69, 9.17) is 4.98 Å². The van der Waals surface area contributed by atoms with Crippen molar-refractivity contribution in [3.8, 4) is 5.69 Å². The van der Waals surface area contributed by atoms with E-state index in [1.807, 2.05) is 12.3 Å². The number of anilines is 1. The Morgan fingerprint density at radius 3 is 2.51 bits per heavy atom. The first-order valence-corrected chi connectivity index (χ1v) is 13.0. The monoisotopic (exact) mass is 467 g/mol. The van der Waals surface area contributed by atoms with Gasteiger partial charge in [0.2, 0.25) is 11.9 Å². The van der Waals surface area contributed by atoms with Gasteiger partial charge in [0.15, 0.2) is 0 Å². The fraction of sp³-hybridized carbons (Fsp3) is 0.414. The number of amides is 1. The van der Waals surface area contributed by atoms with Crippen LogP contribution in [0.2, 0.25) is 0 Å². The van der Waals surface area contributed by atoms with Crippen molar-refractivity contribution < 1.29 is 4.79 Å². The predicted molar refractivity (Wildman–Crippen MR) is 141 cm³/mol. The van der Waals surface area contributed by atoms with Gasteiger partial charge in [0.25, 0.3) is 0 Å². The van der Waals surface area contributed by atoms with Gasteiger partial charge < -0.3 is 10.2 Å². The molecular formula is C29H33N5O. The van der Waals surface area contributed by atoms with Crippen molar-refractivity contribution in [2.24, 2.45) is 5.92 Å². The molecule has 180 valence electrons. The van der Waals surface area contributed by atoms with Gasteiger partial charge in [-0.3, -0.25) is 14.3 Å². The number of pyridine rings is 1. The highest BCUT2D eigenvalue weighted by Crippen LogP contribution is 2.32. The zero-order valence-electron chi connectivity index (χ0n) is 20.6. The van der Waals surface area contributed by atoms with Crippen LogP contribution in [0.3, 0.4) is 0 Å². The van der Waals surface area contributed by atoms with Crippen LogP contribution in [0.4, 0.5) is 5.95 Å². The molecule has 2 aromatic heterocycles. The summed E-state index contributed by atoms with van der Waals surface area (Å²) in [7, 11) is 0. The Hall–Kier alpha value is -3.41. The number of fused-ring (bicyclic) bond motifs is 2. The minimum absolute atomic E-state index is 0.0981. The average molecular weight is 468 g/mol. The van der Waals surface area contributed by atoms with Crippen LogP contribution in [0.1, 0.15) is 49.7 Å². The molecule has 6 nitrogen and oxygen atoms in total. The number of nitrogens with zero attached hydrogens (tertiary/aromatic N) is 4. The molecule has 1 N–H and O–H groups in total. The third kappa shape index (κ3) is 4.15. The number of benzene rings is 2. The summed E-state index contributed by atoms with van der Waals surface area (Å²) in [5.74, 6) is 1.31. The smallest absolute Gasteiger partial charge is 0.223 e. The third-order valence-electron chi connectivity index (χ3n) is 7.95. The minimum atomic E-state index is 0.0981. The highest BCUT2D eigenvalue weighted by atomic mass is 16.1. The topological polar surface area (TPSA) is 63.1 Å². The molecule has 35 heavy (non-hydrogen) atoms. The quantitative estimate of drug-likeness (QED) is 0.433. The molecule has 0 atom stereocenters. The second-order valence-corrected chi connectivity index (χ2v) is 10.3. The summed E-state index contributed by atoms with van der Waals surface area (Å²) in [5.41, 5.74) is 6.72. The first kappa shape index (κ1) is 22.1. The van der Waals surface area contributed by atoms with E-state index in [2.05, 4.69) is 70.0 Å². The summed E-state index contributed by atoms with van der Waals surface area (Å²) in [4.78, 5) is 24.8. The van der Waals surface area contributed by atoms with Gasteiger partial charge in [0.1, 0.15) is 0 Å². The van der Waals surface area contributed by atoms with Crippen LogP contribution in [-0.4, -0.2) is 39.6 Å². The highest BCUT2D eigenvalue weighted by molar-refractivity contribution is 5.86. The number of hydrogen-bond donors (Lipinski definition) is 1. The molecule has 1 saturated heterocycles. The van der Waals surface area contributed by atoms with Crippen molar-refractivity contribution in [2.45, 2.75) is 58.4 Å². The summed E-state index contributed by atoms with van der Waals surface area (Å²) in [6, 6.07) is 15.3. The first-order chi connectivity index (χ1) is 17.1.